The van der Waals surface area contributed by atoms with Gasteiger partial charge in [-0.1, -0.05) is 38.5 Å². The predicted molar refractivity (Wildman–Crippen MR) is 94.5 cm³/mol. The quantitative estimate of drug-likeness (QED) is 0.521. The predicted octanol–water partition coefficient (Wildman–Crippen LogP) is 0.395. The van der Waals surface area contributed by atoms with Crippen molar-refractivity contribution in [2.75, 3.05) is 6.54 Å². The van der Waals surface area contributed by atoms with Crippen LogP contribution in [0.1, 0.15) is 40.0 Å². The molecular weight excluding hydrogens is 322 g/mol. The number of hydrogen-bond acceptors (Lipinski definition) is 5. The second kappa shape index (κ2) is 9.88. The molecule has 2 amide bonds. The molecule has 138 valence electrons. The molecule has 7 nitrogen and oxygen atoms in total. The lowest BCUT2D eigenvalue weighted by Gasteiger charge is -2.21. The molecule has 1 aliphatic rings. The van der Waals surface area contributed by atoms with Gasteiger partial charge in [0.1, 0.15) is 6.04 Å². The first kappa shape index (κ1) is 20.8. The molecular formula is C18H27N3O4. The number of hydrogen-bond donors (Lipinski definition) is 3. The summed E-state index contributed by atoms with van der Waals surface area (Å²) in [5.74, 6) is -2.09. The maximum atomic E-state index is 12.0. The lowest BCUT2D eigenvalue weighted by molar-refractivity contribution is -0.139. The van der Waals surface area contributed by atoms with Crippen LogP contribution in [0.15, 0.2) is 23.8 Å². The van der Waals surface area contributed by atoms with Crippen LogP contribution >= 0.6 is 0 Å². The zero-order valence-electron chi connectivity index (χ0n) is 15.0. The van der Waals surface area contributed by atoms with Gasteiger partial charge in [0.15, 0.2) is 5.78 Å². The van der Waals surface area contributed by atoms with Crippen molar-refractivity contribution < 1.29 is 19.2 Å². The number of nitrogens with one attached hydrogen (secondary N) is 2. The van der Waals surface area contributed by atoms with Gasteiger partial charge in [0.2, 0.25) is 11.7 Å². The van der Waals surface area contributed by atoms with Crippen LogP contribution in [0, 0.1) is 5.92 Å². The third kappa shape index (κ3) is 6.62. The highest BCUT2D eigenvalue weighted by Gasteiger charge is 2.24. The summed E-state index contributed by atoms with van der Waals surface area (Å²) in [6.07, 6.45) is 7.69. The molecule has 1 rings (SSSR count). The summed E-state index contributed by atoms with van der Waals surface area (Å²) in [4.78, 5) is 47.3. The van der Waals surface area contributed by atoms with Crippen LogP contribution in [-0.4, -0.2) is 42.0 Å². The maximum absolute atomic E-state index is 12.0. The van der Waals surface area contributed by atoms with E-state index >= 15 is 0 Å². The molecule has 0 saturated heterocycles. The van der Waals surface area contributed by atoms with Crippen LogP contribution in [0.2, 0.25) is 0 Å². The molecule has 0 aromatic carbocycles. The Bertz CT molecular complexity index is 595. The highest BCUT2D eigenvalue weighted by Crippen LogP contribution is 2.19. The molecule has 0 spiro atoms. The lowest BCUT2D eigenvalue weighted by atomic mass is 9.92. The van der Waals surface area contributed by atoms with E-state index in [-0.39, 0.29) is 18.2 Å². The molecule has 1 aliphatic carbocycles. The van der Waals surface area contributed by atoms with E-state index in [0.29, 0.717) is 12.8 Å². The van der Waals surface area contributed by atoms with Gasteiger partial charge in [-0.25, -0.2) is 0 Å². The van der Waals surface area contributed by atoms with E-state index in [4.69, 9.17) is 5.73 Å². The minimum absolute atomic E-state index is 0.203. The number of carbonyl (C=O) groups excluding carboxylic acids is 4. The fraction of sp³-hybridized carbons (Fsp3) is 0.556. The number of ketones is 2. The SMILES string of the molecule is CCCC(N)C(=O)C(=O)NCC(=O)NC(C(C)=O)C1=C[C@H](C)CC=C1. The highest BCUT2D eigenvalue weighted by atomic mass is 16.2. The van der Waals surface area contributed by atoms with Gasteiger partial charge in [-0.3, -0.25) is 19.2 Å². The standard InChI is InChI=1S/C18H27N3O4/c1-4-6-14(19)17(24)18(25)20-10-15(23)21-16(12(3)22)13-8-5-7-11(2)9-13/h5,8-9,11,14,16H,4,6-7,10,19H2,1-3H3,(H,20,25)(H,21,23)/t11-,14?,16?/m1/s1. The van der Waals surface area contributed by atoms with Crippen molar-refractivity contribution in [3.63, 3.8) is 0 Å². The van der Waals surface area contributed by atoms with Gasteiger partial charge in [-0.05, 0) is 31.3 Å². The first-order valence-electron chi connectivity index (χ1n) is 8.51. The van der Waals surface area contributed by atoms with Crippen molar-refractivity contribution in [3.05, 3.63) is 23.8 Å². The summed E-state index contributed by atoms with van der Waals surface area (Å²) >= 11 is 0. The van der Waals surface area contributed by atoms with Gasteiger partial charge >= 0.3 is 0 Å². The Morgan fingerprint density at radius 1 is 1.32 bits per heavy atom. The minimum atomic E-state index is -0.888. The molecule has 7 heteroatoms. The van der Waals surface area contributed by atoms with Crippen LogP contribution in [0.5, 0.6) is 0 Å². The van der Waals surface area contributed by atoms with Crippen LogP contribution < -0.4 is 16.4 Å². The number of carbonyl (C=O) groups is 4. The van der Waals surface area contributed by atoms with Crippen molar-refractivity contribution in [1.82, 2.24) is 10.6 Å². The number of amides is 2. The number of allylic oxidation sites excluding steroid dienone is 2. The largest absolute Gasteiger partial charge is 0.341 e. The summed E-state index contributed by atoms with van der Waals surface area (Å²) in [5, 5.41) is 4.84. The summed E-state index contributed by atoms with van der Waals surface area (Å²) in [6, 6.07) is -1.63. The van der Waals surface area contributed by atoms with Crippen LogP contribution in [-0.2, 0) is 19.2 Å². The lowest BCUT2D eigenvalue weighted by Crippen LogP contribution is -2.48. The van der Waals surface area contributed by atoms with Crippen molar-refractivity contribution in [1.29, 1.82) is 0 Å². The van der Waals surface area contributed by atoms with E-state index in [0.717, 1.165) is 12.0 Å². The van der Waals surface area contributed by atoms with Gasteiger partial charge in [0.05, 0.1) is 12.6 Å². The molecule has 0 saturated carbocycles. The fourth-order valence-corrected chi connectivity index (χ4v) is 2.55. The van der Waals surface area contributed by atoms with E-state index < -0.39 is 29.7 Å². The summed E-state index contributed by atoms with van der Waals surface area (Å²) in [7, 11) is 0. The van der Waals surface area contributed by atoms with Crippen molar-refractivity contribution in [3.8, 4) is 0 Å². The molecule has 0 aromatic heterocycles. The summed E-state index contributed by atoms with van der Waals surface area (Å²) in [5.41, 5.74) is 6.32. The average Bonchev–Trinajstić information content (AvgIpc) is 2.56. The second-order valence-corrected chi connectivity index (χ2v) is 6.34. The summed E-state index contributed by atoms with van der Waals surface area (Å²) < 4.78 is 0. The molecule has 4 N–H and O–H groups in total. The molecule has 0 aliphatic heterocycles. The molecule has 0 radical (unpaired) electrons. The van der Waals surface area contributed by atoms with Crippen molar-refractivity contribution in [2.45, 2.75) is 52.1 Å². The molecule has 2 unspecified atom stereocenters. The Labute approximate surface area is 148 Å². The summed E-state index contributed by atoms with van der Waals surface area (Å²) in [6.45, 7) is 4.88. The third-order valence-corrected chi connectivity index (χ3v) is 3.91. The minimum Gasteiger partial charge on any atom is -0.341 e. The maximum Gasteiger partial charge on any atom is 0.289 e. The molecule has 0 heterocycles. The zero-order valence-corrected chi connectivity index (χ0v) is 15.0. The molecule has 0 bridgehead atoms. The van der Waals surface area contributed by atoms with E-state index in [9.17, 15) is 19.2 Å². The Balaban J connectivity index is 2.59. The van der Waals surface area contributed by atoms with Gasteiger partial charge < -0.3 is 16.4 Å². The van der Waals surface area contributed by atoms with Gasteiger partial charge in [-0.2, -0.15) is 0 Å². The van der Waals surface area contributed by atoms with Gasteiger partial charge in [0, 0.05) is 0 Å². The normalized spacial score (nSPS) is 18.7. The van der Waals surface area contributed by atoms with Crippen molar-refractivity contribution in [2.24, 2.45) is 11.7 Å². The van der Waals surface area contributed by atoms with E-state index in [1.54, 1.807) is 0 Å². The van der Waals surface area contributed by atoms with Crippen LogP contribution in [0.25, 0.3) is 0 Å². The Morgan fingerprint density at radius 3 is 2.56 bits per heavy atom. The molecule has 0 fully saturated rings. The second-order valence-electron chi connectivity index (χ2n) is 6.34. The Hall–Kier alpha value is -2.28. The zero-order chi connectivity index (χ0) is 19.0. The van der Waals surface area contributed by atoms with Gasteiger partial charge in [0.25, 0.3) is 5.91 Å². The van der Waals surface area contributed by atoms with Crippen LogP contribution in [0.3, 0.4) is 0 Å². The van der Waals surface area contributed by atoms with Crippen molar-refractivity contribution >= 4 is 23.4 Å². The van der Waals surface area contributed by atoms with E-state index in [1.165, 1.54) is 6.92 Å². The molecule has 3 atom stereocenters. The van der Waals surface area contributed by atoms with E-state index in [2.05, 4.69) is 10.6 Å². The van der Waals surface area contributed by atoms with E-state index in [1.807, 2.05) is 32.1 Å². The average molecular weight is 349 g/mol. The molecule has 0 aromatic rings. The first-order valence-corrected chi connectivity index (χ1v) is 8.51. The Kier molecular flexibility index (Phi) is 8.21. The monoisotopic (exact) mass is 349 g/mol. The topological polar surface area (TPSA) is 118 Å². The smallest absolute Gasteiger partial charge is 0.289 e. The Morgan fingerprint density at radius 2 is 2.00 bits per heavy atom. The highest BCUT2D eigenvalue weighted by molar-refractivity contribution is 6.38. The van der Waals surface area contributed by atoms with Crippen LogP contribution in [0.4, 0.5) is 0 Å². The molecule has 25 heavy (non-hydrogen) atoms. The first-order chi connectivity index (χ1) is 11.8. The fourth-order valence-electron chi connectivity index (χ4n) is 2.55. The van der Waals surface area contributed by atoms with Gasteiger partial charge in [-0.15, -0.1) is 0 Å². The number of Topliss-reactive ketones (excluding diaryl/α,β-unsaturated/α-hetero) is 2. The number of rotatable bonds is 9. The number of nitrogens with two attached hydrogens (primary N) is 1. The third-order valence-electron chi connectivity index (χ3n) is 3.91.